The van der Waals surface area contributed by atoms with E-state index in [4.69, 9.17) is 4.74 Å². The second kappa shape index (κ2) is 5.30. The molecule has 0 unspecified atom stereocenters. The van der Waals surface area contributed by atoms with Crippen molar-refractivity contribution in [2.45, 2.75) is 38.7 Å². The molecule has 1 N–H and O–H groups in total. The van der Waals surface area contributed by atoms with Gasteiger partial charge in [-0.1, -0.05) is 0 Å². The maximum absolute atomic E-state index is 11.7. The minimum Gasteiger partial charge on any atom is -0.443 e. The summed E-state index contributed by atoms with van der Waals surface area (Å²) >= 11 is 0. The lowest BCUT2D eigenvalue weighted by Gasteiger charge is -2.27. The SMILES string of the molecule is CNCCC(C)(C)OC(=O)N1CCCC1=O. The molecule has 1 rings (SSSR count). The van der Waals surface area contributed by atoms with Gasteiger partial charge in [0.1, 0.15) is 5.60 Å². The number of nitrogens with zero attached hydrogens (tertiary/aromatic N) is 1. The first-order valence-corrected chi connectivity index (χ1v) is 5.64. The summed E-state index contributed by atoms with van der Waals surface area (Å²) in [4.78, 5) is 24.2. The van der Waals surface area contributed by atoms with Crippen molar-refractivity contribution in [2.75, 3.05) is 20.1 Å². The molecule has 0 aliphatic carbocycles. The van der Waals surface area contributed by atoms with Crippen molar-refractivity contribution in [1.82, 2.24) is 10.2 Å². The van der Waals surface area contributed by atoms with Gasteiger partial charge in [0, 0.05) is 13.0 Å². The maximum Gasteiger partial charge on any atom is 0.417 e. The van der Waals surface area contributed by atoms with Crippen molar-refractivity contribution in [3.05, 3.63) is 0 Å². The van der Waals surface area contributed by atoms with Crippen molar-refractivity contribution < 1.29 is 14.3 Å². The second-order valence-corrected chi connectivity index (χ2v) is 4.63. The number of hydrogen-bond acceptors (Lipinski definition) is 4. The third-order valence-electron chi connectivity index (χ3n) is 2.63. The highest BCUT2D eigenvalue weighted by atomic mass is 16.6. The lowest BCUT2D eigenvalue weighted by Crippen LogP contribution is -2.39. The summed E-state index contributed by atoms with van der Waals surface area (Å²) in [6, 6.07) is 0. The van der Waals surface area contributed by atoms with Crippen LogP contribution in [0.4, 0.5) is 4.79 Å². The standard InChI is InChI=1S/C11H20N2O3/c1-11(2,6-7-12-3)16-10(15)13-8-4-5-9(13)14/h12H,4-8H2,1-3H3. The largest absolute Gasteiger partial charge is 0.443 e. The summed E-state index contributed by atoms with van der Waals surface area (Å²) in [5, 5.41) is 3.00. The average molecular weight is 228 g/mol. The monoisotopic (exact) mass is 228 g/mol. The number of carbonyl (C=O) groups excluding carboxylic acids is 2. The number of hydrogen-bond donors (Lipinski definition) is 1. The minimum atomic E-state index is -0.539. The van der Waals surface area contributed by atoms with Gasteiger partial charge in [0.25, 0.3) is 0 Å². The summed E-state index contributed by atoms with van der Waals surface area (Å²) in [7, 11) is 1.85. The van der Waals surface area contributed by atoms with Crippen LogP contribution < -0.4 is 5.32 Å². The first kappa shape index (κ1) is 13.0. The fourth-order valence-electron chi connectivity index (χ4n) is 1.61. The molecule has 2 amide bonds. The summed E-state index contributed by atoms with van der Waals surface area (Å²) in [6.07, 6.45) is 1.40. The normalized spacial score (nSPS) is 16.7. The van der Waals surface area contributed by atoms with Crippen LogP contribution in [0.3, 0.4) is 0 Å². The number of rotatable bonds is 4. The smallest absolute Gasteiger partial charge is 0.417 e. The Kier molecular flexibility index (Phi) is 4.29. The van der Waals surface area contributed by atoms with Gasteiger partial charge in [0.15, 0.2) is 0 Å². The van der Waals surface area contributed by atoms with Crippen LogP contribution in [-0.2, 0) is 9.53 Å². The molecule has 16 heavy (non-hydrogen) atoms. The zero-order chi connectivity index (χ0) is 12.2. The zero-order valence-electron chi connectivity index (χ0n) is 10.2. The quantitative estimate of drug-likeness (QED) is 0.783. The number of ether oxygens (including phenoxy) is 1. The predicted molar refractivity (Wildman–Crippen MR) is 60.1 cm³/mol. The Balaban J connectivity index is 2.46. The van der Waals surface area contributed by atoms with Gasteiger partial charge in [0.2, 0.25) is 5.91 Å². The Hall–Kier alpha value is -1.10. The van der Waals surface area contributed by atoms with Gasteiger partial charge in [-0.05, 0) is 40.3 Å². The van der Waals surface area contributed by atoms with Crippen molar-refractivity contribution in [3.63, 3.8) is 0 Å². The van der Waals surface area contributed by atoms with E-state index in [9.17, 15) is 9.59 Å². The molecule has 1 aliphatic rings. The molecule has 1 fully saturated rings. The summed E-state index contributed by atoms with van der Waals surface area (Å²) < 4.78 is 5.32. The molecule has 92 valence electrons. The highest BCUT2D eigenvalue weighted by molar-refractivity contribution is 5.93. The molecule has 0 atom stereocenters. The molecular weight excluding hydrogens is 208 g/mol. The second-order valence-electron chi connectivity index (χ2n) is 4.63. The van der Waals surface area contributed by atoms with E-state index in [2.05, 4.69) is 5.32 Å². The third-order valence-corrected chi connectivity index (χ3v) is 2.63. The lowest BCUT2D eigenvalue weighted by molar-refractivity contribution is -0.127. The number of amides is 2. The summed E-state index contributed by atoms with van der Waals surface area (Å²) in [6.45, 7) is 4.96. The Morgan fingerprint density at radius 2 is 2.25 bits per heavy atom. The number of nitrogens with one attached hydrogen (secondary N) is 1. The fourth-order valence-corrected chi connectivity index (χ4v) is 1.61. The van der Waals surface area contributed by atoms with Crippen LogP contribution in [0, 0.1) is 0 Å². The highest BCUT2D eigenvalue weighted by Crippen LogP contribution is 2.18. The molecule has 0 saturated carbocycles. The number of carbonyl (C=O) groups is 2. The van der Waals surface area contributed by atoms with Crippen molar-refractivity contribution in [1.29, 1.82) is 0 Å². The van der Waals surface area contributed by atoms with Crippen molar-refractivity contribution in [3.8, 4) is 0 Å². The molecule has 5 heteroatoms. The number of likely N-dealkylation sites (tertiary alicyclic amines) is 1. The van der Waals surface area contributed by atoms with Crippen LogP contribution in [-0.4, -0.2) is 42.6 Å². The maximum atomic E-state index is 11.7. The minimum absolute atomic E-state index is 0.130. The molecule has 0 aromatic carbocycles. The molecule has 5 nitrogen and oxygen atoms in total. The molecule has 0 aromatic rings. The topological polar surface area (TPSA) is 58.6 Å². The molecule has 0 radical (unpaired) electrons. The van der Waals surface area contributed by atoms with E-state index < -0.39 is 11.7 Å². The first-order valence-electron chi connectivity index (χ1n) is 5.64. The Morgan fingerprint density at radius 3 is 2.75 bits per heavy atom. The van der Waals surface area contributed by atoms with E-state index in [1.54, 1.807) is 0 Å². The Labute approximate surface area is 96.1 Å². The van der Waals surface area contributed by atoms with Gasteiger partial charge >= 0.3 is 6.09 Å². The Bertz CT molecular complexity index is 276. The lowest BCUT2D eigenvalue weighted by atomic mass is 10.1. The summed E-state index contributed by atoms with van der Waals surface area (Å²) in [5.41, 5.74) is -0.539. The highest BCUT2D eigenvalue weighted by Gasteiger charge is 2.31. The molecule has 0 aromatic heterocycles. The van der Waals surface area contributed by atoms with E-state index >= 15 is 0 Å². The predicted octanol–water partition coefficient (Wildman–Crippen LogP) is 1.13. The zero-order valence-corrected chi connectivity index (χ0v) is 10.2. The van der Waals surface area contributed by atoms with Gasteiger partial charge in [0.05, 0.1) is 0 Å². The van der Waals surface area contributed by atoms with Crippen LogP contribution in [0.25, 0.3) is 0 Å². The van der Waals surface area contributed by atoms with E-state index in [1.807, 2.05) is 20.9 Å². The molecular formula is C11H20N2O3. The fraction of sp³-hybridized carbons (Fsp3) is 0.818. The first-order chi connectivity index (χ1) is 7.46. The van der Waals surface area contributed by atoms with E-state index in [0.717, 1.165) is 19.4 Å². The van der Waals surface area contributed by atoms with E-state index in [0.29, 0.717) is 13.0 Å². The van der Waals surface area contributed by atoms with Crippen LogP contribution in [0.2, 0.25) is 0 Å². The molecule has 0 spiro atoms. The van der Waals surface area contributed by atoms with Crippen LogP contribution in [0.5, 0.6) is 0 Å². The van der Waals surface area contributed by atoms with Gasteiger partial charge in [-0.2, -0.15) is 0 Å². The van der Waals surface area contributed by atoms with Gasteiger partial charge in [-0.15, -0.1) is 0 Å². The van der Waals surface area contributed by atoms with Gasteiger partial charge < -0.3 is 10.1 Å². The third kappa shape index (κ3) is 3.48. The summed E-state index contributed by atoms with van der Waals surface area (Å²) in [5.74, 6) is -0.130. The van der Waals surface area contributed by atoms with Crippen LogP contribution >= 0.6 is 0 Å². The van der Waals surface area contributed by atoms with Gasteiger partial charge in [-0.3, -0.25) is 4.79 Å². The molecule has 1 heterocycles. The van der Waals surface area contributed by atoms with E-state index in [1.165, 1.54) is 4.90 Å². The van der Waals surface area contributed by atoms with Crippen molar-refractivity contribution in [2.24, 2.45) is 0 Å². The molecule has 1 saturated heterocycles. The molecule has 0 bridgehead atoms. The number of imide groups is 1. The Morgan fingerprint density at radius 1 is 1.56 bits per heavy atom. The van der Waals surface area contributed by atoms with E-state index in [-0.39, 0.29) is 5.91 Å². The van der Waals surface area contributed by atoms with Gasteiger partial charge in [-0.25, -0.2) is 9.69 Å². The van der Waals surface area contributed by atoms with Crippen LogP contribution in [0.1, 0.15) is 33.1 Å². The van der Waals surface area contributed by atoms with Crippen LogP contribution in [0.15, 0.2) is 0 Å². The molecule has 1 aliphatic heterocycles. The average Bonchev–Trinajstić information content (AvgIpc) is 2.61. The van der Waals surface area contributed by atoms with Crippen molar-refractivity contribution >= 4 is 12.0 Å².